The maximum atomic E-state index is 12.7. The minimum absolute atomic E-state index is 0.00439. The summed E-state index contributed by atoms with van der Waals surface area (Å²) < 4.78 is 5.84. The molecule has 0 radical (unpaired) electrons. The van der Waals surface area contributed by atoms with Crippen LogP contribution in [0.2, 0.25) is 5.02 Å². The van der Waals surface area contributed by atoms with Gasteiger partial charge >= 0.3 is 0 Å². The summed E-state index contributed by atoms with van der Waals surface area (Å²) >= 11 is 5.86. The van der Waals surface area contributed by atoms with Crippen LogP contribution in [0.25, 0.3) is 10.9 Å². The van der Waals surface area contributed by atoms with Crippen molar-refractivity contribution < 1.29 is 9.53 Å². The molecule has 2 heterocycles. The van der Waals surface area contributed by atoms with E-state index in [4.69, 9.17) is 16.3 Å². The molecule has 5 heteroatoms. The standard InChI is InChI=1S/C19H15ClN2O2/c20-14-6-8-15(9-7-14)24-16-11-22(12-16)19(23)17-5-1-3-13-4-2-10-21-18(13)17/h1-10,16H,11-12H2. The van der Waals surface area contributed by atoms with E-state index in [9.17, 15) is 4.79 Å². The highest BCUT2D eigenvalue weighted by Crippen LogP contribution is 2.23. The van der Waals surface area contributed by atoms with E-state index >= 15 is 0 Å². The van der Waals surface area contributed by atoms with E-state index < -0.39 is 0 Å². The summed E-state index contributed by atoms with van der Waals surface area (Å²) in [5.41, 5.74) is 1.38. The average molecular weight is 339 g/mol. The number of carbonyl (C=O) groups excluding carboxylic acids is 1. The van der Waals surface area contributed by atoms with Gasteiger partial charge in [-0.25, -0.2) is 0 Å². The fourth-order valence-corrected chi connectivity index (χ4v) is 2.96. The maximum absolute atomic E-state index is 12.7. The first-order valence-electron chi connectivity index (χ1n) is 7.76. The summed E-state index contributed by atoms with van der Waals surface area (Å²) in [6.07, 6.45) is 1.72. The molecule has 0 aliphatic carbocycles. The molecule has 3 aromatic rings. The molecule has 0 spiro atoms. The molecule has 4 nitrogen and oxygen atoms in total. The number of amides is 1. The second-order valence-electron chi connectivity index (χ2n) is 5.78. The number of benzene rings is 2. The fourth-order valence-electron chi connectivity index (χ4n) is 2.83. The highest BCUT2D eigenvalue weighted by Gasteiger charge is 2.33. The monoisotopic (exact) mass is 338 g/mol. The lowest BCUT2D eigenvalue weighted by atomic mass is 10.1. The van der Waals surface area contributed by atoms with Gasteiger partial charge in [0.2, 0.25) is 0 Å². The Hall–Kier alpha value is -2.59. The number of pyridine rings is 1. The van der Waals surface area contributed by atoms with Gasteiger partial charge in [-0.15, -0.1) is 0 Å². The molecule has 2 aromatic carbocycles. The summed E-state index contributed by atoms with van der Waals surface area (Å²) in [5, 5.41) is 1.65. The first-order chi connectivity index (χ1) is 11.7. The molecule has 0 unspecified atom stereocenters. The Morgan fingerprint density at radius 1 is 1.08 bits per heavy atom. The minimum Gasteiger partial charge on any atom is -0.487 e. The minimum atomic E-state index is -0.00439. The lowest BCUT2D eigenvalue weighted by molar-refractivity contribution is 0.0179. The number of hydrogen-bond acceptors (Lipinski definition) is 3. The number of fused-ring (bicyclic) bond motifs is 1. The Morgan fingerprint density at radius 2 is 1.83 bits per heavy atom. The van der Waals surface area contributed by atoms with Crippen molar-refractivity contribution in [1.82, 2.24) is 9.88 Å². The summed E-state index contributed by atoms with van der Waals surface area (Å²) in [7, 11) is 0. The SMILES string of the molecule is O=C(c1cccc2cccnc12)N1CC(Oc2ccc(Cl)cc2)C1. The van der Waals surface area contributed by atoms with Crippen LogP contribution in [0.4, 0.5) is 0 Å². The zero-order chi connectivity index (χ0) is 16.5. The number of carbonyl (C=O) groups is 1. The number of hydrogen-bond donors (Lipinski definition) is 0. The van der Waals surface area contributed by atoms with Crippen LogP contribution >= 0.6 is 11.6 Å². The molecule has 4 rings (SSSR count). The van der Waals surface area contributed by atoms with E-state index in [1.54, 1.807) is 23.2 Å². The Balaban J connectivity index is 1.44. The number of likely N-dealkylation sites (tertiary alicyclic amines) is 1. The number of rotatable bonds is 3. The third kappa shape index (κ3) is 2.81. The van der Waals surface area contributed by atoms with Gasteiger partial charge in [-0.05, 0) is 36.4 Å². The zero-order valence-electron chi connectivity index (χ0n) is 12.9. The van der Waals surface area contributed by atoms with Crippen LogP contribution in [-0.4, -0.2) is 35.0 Å². The molecule has 0 saturated carbocycles. The molecule has 0 N–H and O–H groups in total. The fraction of sp³-hybridized carbons (Fsp3) is 0.158. The van der Waals surface area contributed by atoms with Gasteiger partial charge in [0.1, 0.15) is 11.9 Å². The van der Waals surface area contributed by atoms with Crippen molar-refractivity contribution >= 4 is 28.4 Å². The van der Waals surface area contributed by atoms with Crippen molar-refractivity contribution in [3.05, 3.63) is 71.4 Å². The van der Waals surface area contributed by atoms with E-state index in [2.05, 4.69) is 4.98 Å². The molecule has 120 valence electrons. The number of para-hydroxylation sites is 1. The molecule has 0 bridgehead atoms. The van der Waals surface area contributed by atoms with Crippen LogP contribution in [0.15, 0.2) is 60.8 Å². The van der Waals surface area contributed by atoms with Crippen LogP contribution < -0.4 is 4.74 Å². The predicted molar refractivity (Wildman–Crippen MR) is 93.5 cm³/mol. The third-order valence-corrected chi connectivity index (χ3v) is 4.37. The number of nitrogens with zero attached hydrogens (tertiary/aromatic N) is 2. The van der Waals surface area contributed by atoms with Gasteiger partial charge in [-0.3, -0.25) is 9.78 Å². The van der Waals surface area contributed by atoms with Gasteiger partial charge in [0.15, 0.2) is 0 Å². The van der Waals surface area contributed by atoms with Gasteiger partial charge in [-0.2, -0.15) is 0 Å². The van der Waals surface area contributed by atoms with Gasteiger partial charge in [-0.1, -0.05) is 29.8 Å². The normalized spacial score (nSPS) is 14.5. The molecular weight excluding hydrogens is 324 g/mol. The average Bonchev–Trinajstić information content (AvgIpc) is 2.58. The van der Waals surface area contributed by atoms with E-state index in [-0.39, 0.29) is 12.0 Å². The Kier molecular flexibility index (Phi) is 3.82. The second kappa shape index (κ2) is 6.13. The number of aromatic nitrogens is 1. The van der Waals surface area contributed by atoms with Crippen LogP contribution in [0.3, 0.4) is 0 Å². The van der Waals surface area contributed by atoms with Crippen LogP contribution in [0.5, 0.6) is 5.75 Å². The number of halogens is 1. The first kappa shape index (κ1) is 15.0. The van der Waals surface area contributed by atoms with Crippen LogP contribution in [0.1, 0.15) is 10.4 Å². The maximum Gasteiger partial charge on any atom is 0.256 e. The van der Waals surface area contributed by atoms with Crippen LogP contribution in [-0.2, 0) is 0 Å². The van der Waals surface area contributed by atoms with Gasteiger partial charge < -0.3 is 9.64 Å². The molecule has 1 aromatic heterocycles. The molecule has 24 heavy (non-hydrogen) atoms. The predicted octanol–water partition coefficient (Wildman–Crippen LogP) is 3.79. The second-order valence-corrected chi connectivity index (χ2v) is 6.22. The zero-order valence-corrected chi connectivity index (χ0v) is 13.6. The van der Waals surface area contributed by atoms with Gasteiger partial charge in [0.05, 0.1) is 24.2 Å². The van der Waals surface area contributed by atoms with E-state index in [0.29, 0.717) is 23.7 Å². The van der Waals surface area contributed by atoms with Crippen molar-refractivity contribution in [2.45, 2.75) is 6.10 Å². The molecule has 1 aliphatic heterocycles. The molecule has 1 saturated heterocycles. The molecule has 0 atom stereocenters. The van der Waals surface area contributed by atoms with Crippen molar-refractivity contribution in [2.75, 3.05) is 13.1 Å². The lowest BCUT2D eigenvalue weighted by Gasteiger charge is -2.39. The molecule has 1 fully saturated rings. The van der Waals surface area contributed by atoms with E-state index in [1.807, 2.05) is 42.5 Å². The highest BCUT2D eigenvalue weighted by atomic mass is 35.5. The Labute approximate surface area is 144 Å². The highest BCUT2D eigenvalue weighted by molar-refractivity contribution is 6.30. The van der Waals surface area contributed by atoms with Crippen molar-refractivity contribution in [2.24, 2.45) is 0 Å². The Morgan fingerprint density at radius 3 is 2.62 bits per heavy atom. The summed E-state index contributed by atoms with van der Waals surface area (Å²) in [5.74, 6) is 0.763. The molecule has 1 amide bonds. The van der Waals surface area contributed by atoms with Crippen molar-refractivity contribution in [1.29, 1.82) is 0 Å². The van der Waals surface area contributed by atoms with E-state index in [1.165, 1.54) is 0 Å². The van der Waals surface area contributed by atoms with E-state index in [0.717, 1.165) is 16.7 Å². The summed E-state index contributed by atoms with van der Waals surface area (Å²) in [6.45, 7) is 1.15. The number of ether oxygens (including phenoxy) is 1. The van der Waals surface area contributed by atoms with Crippen LogP contribution in [0, 0.1) is 0 Å². The smallest absolute Gasteiger partial charge is 0.256 e. The Bertz CT molecular complexity index is 884. The quantitative estimate of drug-likeness (QED) is 0.729. The third-order valence-electron chi connectivity index (χ3n) is 4.11. The lowest BCUT2D eigenvalue weighted by Crippen LogP contribution is -2.56. The van der Waals surface area contributed by atoms with Crippen molar-refractivity contribution in [3.8, 4) is 5.75 Å². The van der Waals surface area contributed by atoms with Crippen molar-refractivity contribution in [3.63, 3.8) is 0 Å². The largest absolute Gasteiger partial charge is 0.487 e. The first-order valence-corrected chi connectivity index (χ1v) is 8.14. The summed E-state index contributed by atoms with van der Waals surface area (Å²) in [4.78, 5) is 18.8. The van der Waals surface area contributed by atoms with Gasteiger partial charge in [0.25, 0.3) is 5.91 Å². The molecule has 1 aliphatic rings. The molecular formula is C19H15ClN2O2. The topological polar surface area (TPSA) is 42.4 Å². The van der Waals surface area contributed by atoms with Gasteiger partial charge in [0, 0.05) is 16.6 Å². The summed E-state index contributed by atoms with van der Waals surface area (Å²) in [6, 6.07) is 16.8.